The predicted octanol–water partition coefficient (Wildman–Crippen LogP) is 2.74. The smallest absolute Gasteiger partial charge is 0.142 e. The highest BCUT2D eigenvalue weighted by atomic mass is 15.2. The van der Waals surface area contributed by atoms with E-state index in [1.807, 2.05) is 12.1 Å². The average molecular weight is 215 g/mol. The van der Waals surface area contributed by atoms with Crippen LogP contribution in [0.4, 0.5) is 5.69 Å². The minimum atomic E-state index is -0.0116. The first-order chi connectivity index (χ1) is 7.49. The van der Waals surface area contributed by atoms with E-state index in [-0.39, 0.29) is 5.54 Å². The van der Waals surface area contributed by atoms with E-state index in [9.17, 15) is 0 Å². The number of nitriles is 1. The monoisotopic (exact) mass is 215 g/mol. The minimum absolute atomic E-state index is 0.0116. The third kappa shape index (κ3) is 2.83. The van der Waals surface area contributed by atoms with E-state index in [4.69, 9.17) is 5.26 Å². The van der Waals surface area contributed by atoms with Crippen LogP contribution < -0.4 is 4.90 Å². The Labute approximate surface area is 97.0 Å². The molecule has 0 N–H and O–H groups in total. The number of pyridine rings is 1. The zero-order chi connectivity index (χ0) is 12.2. The van der Waals surface area contributed by atoms with Gasteiger partial charge in [-0.3, -0.25) is 0 Å². The van der Waals surface area contributed by atoms with Crippen LogP contribution in [0.5, 0.6) is 0 Å². The Hall–Kier alpha value is -1.82. The van der Waals surface area contributed by atoms with E-state index in [2.05, 4.69) is 43.3 Å². The lowest BCUT2D eigenvalue weighted by Gasteiger charge is -2.37. The van der Waals surface area contributed by atoms with Gasteiger partial charge in [-0.05, 0) is 32.9 Å². The molecular weight excluding hydrogens is 198 g/mol. The molecule has 0 atom stereocenters. The normalized spacial score (nSPS) is 10.6. The maximum absolute atomic E-state index is 8.83. The molecule has 1 heterocycles. The SMILES string of the molecule is C=CCN(c1ccnc(C#N)c1)C(C)(C)C. The molecule has 0 spiro atoms. The lowest BCUT2D eigenvalue weighted by Crippen LogP contribution is -2.41. The molecule has 1 aromatic heterocycles. The lowest BCUT2D eigenvalue weighted by atomic mass is 10.0. The second kappa shape index (κ2) is 4.80. The molecule has 0 saturated carbocycles. The largest absolute Gasteiger partial charge is 0.363 e. The molecule has 0 aliphatic carbocycles. The van der Waals surface area contributed by atoms with Gasteiger partial charge in [-0.25, -0.2) is 4.98 Å². The second-order valence-corrected chi connectivity index (χ2v) is 4.58. The molecule has 3 heteroatoms. The summed E-state index contributed by atoms with van der Waals surface area (Å²) in [4.78, 5) is 6.15. The molecule has 3 nitrogen and oxygen atoms in total. The van der Waals surface area contributed by atoms with Crippen LogP contribution in [0.15, 0.2) is 31.0 Å². The Bertz CT molecular complexity index is 410. The summed E-state index contributed by atoms with van der Waals surface area (Å²) in [5.41, 5.74) is 1.43. The van der Waals surface area contributed by atoms with Crippen molar-refractivity contribution in [2.24, 2.45) is 0 Å². The van der Waals surface area contributed by atoms with Gasteiger partial charge in [-0.1, -0.05) is 6.08 Å². The molecule has 1 rings (SSSR count). The fourth-order valence-electron chi connectivity index (χ4n) is 1.54. The second-order valence-electron chi connectivity index (χ2n) is 4.58. The van der Waals surface area contributed by atoms with E-state index >= 15 is 0 Å². The molecule has 0 unspecified atom stereocenters. The van der Waals surface area contributed by atoms with Gasteiger partial charge in [0.25, 0.3) is 0 Å². The third-order valence-corrected chi connectivity index (χ3v) is 2.29. The van der Waals surface area contributed by atoms with Crippen molar-refractivity contribution >= 4 is 5.69 Å². The molecule has 0 radical (unpaired) electrons. The highest BCUT2D eigenvalue weighted by Crippen LogP contribution is 2.23. The van der Waals surface area contributed by atoms with Gasteiger partial charge in [0.15, 0.2) is 0 Å². The summed E-state index contributed by atoms with van der Waals surface area (Å²) in [6.45, 7) is 10.9. The highest BCUT2D eigenvalue weighted by Gasteiger charge is 2.20. The molecular formula is C13H17N3. The molecule has 0 amide bonds. The topological polar surface area (TPSA) is 39.9 Å². The van der Waals surface area contributed by atoms with E-state index < -0.39 is 0 Å². The number of anilines is 1. The Morgan fingerprint density at radius 3 is 2.75 bits per heavy atom. The molecule has 84 valence electrons. The average Bonchev–Trinajstić information content (AvgIpc) is 2.24. The Balaban J connectivity index is 3.11. The van der Waals surface area contributed by atoms with Crippen molar-refractivity contribution in [2.45, 2.75) is 26.3 Å². The molecule has 0 saturated heterocycles. The molecule has 0 aliphatic rings. The van der Waals surface area contributed by atoms with Crippen LogP contribution in [-0.2, 0) is 0 Å². The molecule has 0 bridgehead atoms. The van der Waals surface area contributed by atoms with Gasteiger partial charge in [0.1, 0.15) is 11.8 Å². The van der Waals surface area contributed by atoms with Crippen LogP contribution in [0.25, 0.3) is 0 Å². The summed E-state index contributed by atoms with van der Waals surface area (Å²) < 4.78 is 0. The minimum Gasteiger partial charge on any atom is -0.363 e. The summed E-state index contributed by atoms with van der Waals surface area (Å²) in [5, 5.41) is 8.83. The standard InChI is InChI=1S/C13H17N3/c1-5-8-16(13(2,3)4)12-6-7-15-11(9-12)10-14/h5-7,9H,1,8H2,2-4H3. The first kappa shape index (κ1) is 12.3. The summed E-state index contributed by atoms with van der Waals surface area (Å²) in [7, 11) is 0. The molecule has 0 aromatic carbocycles. The van der Waals surface area contributed by atoms with Crippen LogP contribution >= 0.6 is 0 Å². The number of rotatable bonds is 3. The zero-order valence-electron chi connectivity index (χ0n) is 10.1. The van der Waals surface area contributed by atoms with Gasteiger partial charge < -0.3 is 4.90 Å². The maximum Gasteiger partial charge on any atom is 0.142 e. The Morgan fingerprint density at radius 2 is 2.25 bits per heavy atom. The van der Waals surface area contributed by atoms with Crippen molar-refractivity contribution in [2.75, 3.05) is 11.4 Å². The molecule has 0 aliphatic heterocycles. The van der Waals surface area contributed by atoms with Gasteiger partial charge in [-0.15, -0.1) is 6.58 Å². The van der Waals surface area contributed by atoms with Crippen LogP contribution in [-0.4, -0.2) is 17.1 Å². The lowest BCUT2D eigenvalue weighted by molar-refractivity contribution is 0.522. The van der Waals surface area contributed by atoms with Gasteiger partial charge in [-0.2, -0.15) is 5.26 Å². The zero-order valence-corrected chi connectivity index (χ0v) is 10.1. The van der Waals surface area contributed by atoms with Crippen LogP contribution in [0, 0.1) is 11.3 Å². The van der Waals surface area contributed by atoms with E-state index in [0.29, 0.717) is 5.69 Å². The molecule has 1 aromatic rings. The van der Waals surface area contributed by atoms with E-state index in [0.717, 1.165) is 12.2 Å². The fourth-order valence-corrected chi connectivity index (χ4v) is 1.54. The molecule has 0 fully saturated rings. The van der Waals surface area contributed by atoms with Crippen LogP contribution in [0.2, 0.25) is 0 Å². The van der Waals surface area contributed by atoms with Crippen molar-refractivity contribution in [1.82, 2.24) is 4.98 Å². The highest BCUT2D eigenvalue weighted by molar-refractivity contribution is 5.51. The molecule has 16 heavy (non-hydrogen) atoms. The van der Waals surface area contributed by atoms with Crippen LogP contribution in [0.1, 0.15) is 26.5 Å². The predicted molar refractivity (Wildman–Crippen MR) is 66.2 cm³/mol. The van der Waals surface area contributed by atoms with Gasteiger partial charge in [0.05, 0.1) is 0 Å². The van der Waals surface area contributed by atoms with Crippen molar-refractivity contribution in [3.8, 4) is 6.07 Å². The van der Waals surface area contributed by atoms with Crippen molar-refractivity contribution in [3.63, 3.8) is 0 Å². The number of hydrogen-bond donors (Lipinski definition) is 0. The Morgan fingerprint density at radius 1 is 1.56 bits per heavy atom. The van der Waals surface area contributed by atoms with Gasteiger partial charge in [0.2, 0.25) is 0 Å². The summed E-state index contributed by atoms with van der Waals surface area (Å²) >= 11 is 0. The van der Waals surface area contributed by atoms with Gasteiger partial charge >= 0.3 is 0 Å². The summed E-state index contributed by atoms with van der Waals surface area (Å²) in [6.07, 6.45) is 3.52. The quantitative estimate of drug-likeness (QED) is 0.728. The Kier molecular flexibility index (Phi) is 3.68. The third-order valence-electron chi connectivity index (χ3n) is 2.29. The first-order valence-corrected chi connectivity index (χ1v) is 5.23. The van der Waals surface area contributed by atoms with Crippen molar-refractivity contribution in [1.29, 1.82) is 5.26 Å². The summed E-state index contributed by atoms with van der Waals surface area (Å²) in [6, 6.07) is 5.76. The first-order valence-electron chi connectivity index (χ1n) is 5.23. The van der Waals surface area contributed by atoms with Gasteiger partial charge in [0, 0.05) is 24.0 Å². The van der Waals surface area contributed by atoms with Crippen LogP contribution in [0.3, 0.4) is 0 Å². The van der Waals surface area contributed by atoms with Crippen molar-refractivity contribution in [3.05, 3.63) is 36.7 Å². The summed E-state index contributed by atoms with van der Waals surface area (Å²) in [5.74, 6) is 0. The maximum atomic E-state index is 8.83. The fraction of sp³-hybridized carbons (Fsp3) is 0.385. The van der Waals surface area contributed by atoms with Crippen molar-refractivity contribution < 1.29 is 0 Å². The van der Waals surface area contributed by atoms with E-state index in [1.54, 1.807) is 12.3 Å². The van der Waals surface area contributed by atoms with E-state index in [1.165, 1.54) is 0 Å². The number of nitrogens with zero attached hydrogens (tertiary/aromatic N) is 3. The number of aromatic nitrogens is 1. The number of hydrogen-bond acceptors (Lipinski definition) is 3.